The Bertz CT molecular complexity index is 4960. The first-order valence-electron chi connectivity index (χ1n) is 26.7. The van der Waals surface area contributed by atoms with Gasteiger partial charge < -0.3 is 14.0 Å². The zero-order valence-corrected chi connectivity index (χ0v) is 41.7. The second kappa shape index (κ2) is 16.2. The van der Waals surface area contributed by atoms with Crippen molar-refractivity contribution in [1.82, 2.24) is 33.2 Å². The van der Waals surface area contributed by atoms with Gasteiger partial charge in [0.1, 0.15) is 0 Å². The lowest BCUT2D eigenvalue weighted by Crippen LogP contribution is -2.28. The van der Waals surface area contributed by atoms with Gasteiger partial charge in [-0.25, -0.2) is 0 Å². The third-order valence-electron chi connectivity index (χ3n) is 16.6. The Labute approximate surface area is 442 Å². The van der Waals surface area contributed by atoms with Crippen LogP contribution in [0, 0.1) is 0 Å². The van der Waals surface area contributed by atoms with Crippen LogP contribution >= 0.6 is 0 Å². The molecule has 2 aliphatic carbocycles. The number of hydrogen-bond donors (Lipinski definition) is 0. The van der Waals surface area contributed by atoms with Crippen LogP contribution < -0.4 is 4.90 Å². The number of aromatic nitrogens is 7. The lowest BCUT2D eigenvalue weighted by Gasteiger charge is -2.29. The van der Waals surface area contributed by atoms with Crippen LogP contribution in [0.2, 0.25) is 0 Å². The van der Waals surface area contributed by atoms with Crippen LogP contribution in [0.5, 0.6) is 0 Å². The fraction of sp³-hybridized carbons (Fsp3) is 0.0580. The van der Waals surface area contributed by atoms with Gasteiger partial charge in [-0.2, -0.15) is 15.0 Å². The Morgan fingerprint density at radius 3 is 1.77 bits per heavy atom. The van der Waals surface area contributed by atoms with E-state index in [-0.39, 0.29) is 6.04 Å². The molecule has 362 valence electrons. The van der Waals surface area contributed by atoms with E-state index in [0.29, 0.717) is 23.6 Å². The minimum atomic E-state index is 0.194. The van der Waals surface area contributed by atoms with Crippen molar-refractivity contribution in [1.29, 1.82) is 0 Å². The highest BCUT2D eigenvalue weighted by Crippen LogP contribution is 2.49. The van der Waals surface area contributed by atoms with E-state index in [1.807, 2.05) is 6.07 Å². The van der Waals surface area contributed by atoms with Crippen molar-refractivity contribution in [3.63, 3.8) is 0 Å². The molecule has 17 rings (SSSR count). The first kappa shape index (κ1) is 42.3. The van der Waals surface area contributed by atoms with E-state index >= 15 is 0 Å². The molecule has 0 saturated heterocycles. The van der Waals surface area contributed by atoms with Gasteiger partial charge in [-0.3, -0.25) is 9.13 Å². The molecule has 0 fully saturated rings. The first-order chi connectivity index (χ1) is 38.2. The fourth-order valence-corrected chi connectivity index (χ4v) is 13.4. The minimum Gasteiger partial charge on any atom is -0.333 e. The molecule has 8 heteroatoms. The van der Waals surface area contributed by atoms with Gasteiger partial charge in [0.15, 0.2) is 5.82 Å². The van der Waals surface area contributed by atoms with E-state index in [1.165, 1.54) is 38.8 Å². The number of fused-ring (bicyclic) bond motifs is 16. The molecule has 3 aliphatic rings. The molecule has 0 spiro atoms. The number of nitrogens with zero attached hydrogens (tertiary/aromatic N) is 8. The molecule has 8 nitrogen and oxygen atoms in total. The zero-order chi connectivity index (χ0) is 50.3. The van der Waals surface area contributed by atoms with Crippen molar-refractivity contribution >= 4 is 104 Å². The lowest BCUT2D eigenvalue weighted by molar-refractivity contribution is 0.744. The highest BCUT2D eigenvalue weighted by molar-refractivity contribution is 6.26. The van der Waals surface area contributed by atoms with Crippen LogP contribution in [-0.4, -0.2) is 39.3 Å². The van der Waals surface area contributed by atoms with Crippen molar-refractivity contribution in [2.75, 3.05) is 4.90 Å². The number of rotatable bonds is 6. The summed E-state index contributed by atoms with van der Waals surface area (Å²) in [5, 5.41) is 9.22. The minimum absolute atomic E-state index is 0.194. The third kappa shape index (κ3) is 6.06. The summed E-state index contributed by atoms with van der Waals surface area (Å²) in [5.74, 6) is 1.99. The average Bonchev–Trinajstić information content (AvgIpc) is 4.31. The van der Waals surface area contributed by atoms with Gasteiger partial charge in [-0.05, 0) is 91.2 Å². The lowest BCUT2D eigenvalue weighted by atomic mass is 9.91. The molecule has 1 aliphatic heterocycles. The predicted octanol–water partition coefficient (Wildman–Crippen LogP) is 16.9. The van der Waals surface area contributed by atoms with Gasteiger partial charge >= 0.3 is 0 Å². The summed E-state index contributed by atoms with van der Waals surface area (Å²) >= 11 is 0. The fourth-order valence-electron chi connectivity index (χ4n) is 13.4. The highest BCUT2D eigenvalue weighted by atomic mass is 15.3. The molecule has 0 bridgehead atoms. The van der Waals surface area contributed by atoms with Crippen LogP contribution in [0.1, 0.15) is 24.3 Å². The number of anilines is 2. The largest absolute Gasteiger partial charge is 0.333 e. The van der Waals surface area contributed by atoms with Gasteiger partial charge in [0.25, 0.3) is 0 Å². The number of allylic oxidation sites excluding steroid dienone is 6. The molecule has 2 unspecified atom stereocenters. The molecule has 0 radical (unpaired) electrons. The maximum absolute atomic E-state index is 5.68. The topological polar surface area (TPSA) is 61.6 Å². The van der Waals surface area contributed by atoms with Gasteiger partial charge in [0.2, 0.25) is 11.9 Å². The van der Waals surface area contributed by atoms with Gasteiger partial charge in [-0.1, -0.05) is 170 Å². The van der Waals surface area contributed by atoms with Gasteiger partial charge in [0.05, 0.1) is 50.2 Å². The van der Waals surface area contributed by atoms with Crippen LogP contribution in [0.25, 0.3) is 122 Å². The summed E-state index contributed by atoms with van der Waals surface area (Å²) in [6, 6.07) is 72.9. The molecule has 5 aromatic heterocycles. The molecule has 9 aromatic carbocycles. The Morgan fingerprint density at radius 2 is 1.01 bits per heavy atom. The van der Waals surface area contributed by atoms with Crippen LogP contribution in [0.15, 0.2) is 243 Å². The standard InChI is InChI=1S/C69H46N8/c1-3-20-43(21-4-1)67-70-68(76-59-35-16-11-30-51(59)55-41-63-54(42-64(55)76)50-29-10-15-34-58(50)73(63)44-22-5-2-6-23-44)72-69(71-67)77-60-36-17-9-28-49(60)52-38-39-62-65(66(52)77)53-31-12-18-37-61(53)75(62)46-25-19-24-45(40-46)74-56-32-13-7-26-47(56)48-27-8-14-33-57(48)74/h1-5,7-22,24-42,47,56H,6,23H2. The molecule has 77 heavy (non-hydrogen) atoms. The summed E-state index contributed by atoms with van der Waals surface area (Å²) in [6.45, 7) is 0. The summed E-state index contributed by atoms with van der Waals surface area (Å²) < 4.78 is 9.48. The van der Waals surface area contributed by atoms with Crippen LogP contribution in [0.4, 0.5) is 11.4 Å². The van der Waals surface area contributed by atoms with E-state index in [1.54, 1.807) is 0 Å². The van der Waals surface area contributed by atoms with E-state index in [0.717, 1.165) is 95.2 Å². The molecule has 0 amide bonds. The van der Waals surface area contributed by atoms with Crippen LogP contribution in [0.3, 0.4) is 0 Å². The monoisotopic (exact) mass is 986 g/mol. The SMILES string of the molecule is C1=CCCC(n2c3ccccc3c3cc4c(cc32)c2ccccc2n4-c2nc(-c3ccccc3)nc(-n3c4ccccc4c4ccc5c(c6ccccc6n5-c5cccc(N6c7ccccc7C7C=CC=CC76)c5)c43)n2)=C1. The van der Waals surface area contributed by atoms with Gasteiger partial charge in [0, 0.05) is 77.3 Å². The van der Waals surface area contributed by atoms with Crippen molar-refractivity contribution in [2.24, 2.45) is 0 Å². The quantitative estimate of drug-likeness (QED) is 0.167. The molecule has 0 N–H and O–H groups in total. The Morgan fingerprint density at radius 1 is 0.403 bits per heavy atom. The average molecular weight is 987 g/mol. The molecule has 2 atom stereocenters. The summed E-state index contributed by atoms with van der Waals surface area (Å²) in [4.78, 5) is 19.2. The van der Waals surface area contributed by atoms with Crippen molar-refractivity contribution < 1.29 is 0 Å². The maximum atomic E-state index is 5.68. The number of benzene rings is 9. The normalized spacial score (nSPS) is 16.1. The third-order valence-corrected chi connectivity index (χ3v) is 16.6. The molecular weight excluding hydrogens is 941 g/mol. The van der Waals surface area contributed by atoms with Crippen molar-refractivity contribution in [3.05, 3.63) is 248 Å². The van der Waals surface area contributed by atoms with E-state index in [9.17, 15) is 0 Å². The van der Waals surface area contributed by atoms with E-state index < -0.39 is 0 Å². The Hall–Kier alpha value is -10.1. The zero-order valence-electron chi connectivity index (χ0n) is 41.7. The second-order valence-corrected chi connectivity index (χ2v) is 20.6. The number of para-hydroxylation sites is 5. The first-order valence-corrected chi connectivity index (χ1v) is 26.7. The van der Waals surface area contributed by atoms with Gasteiger partial charge in [-0.15, -0.1) is 0 Å². The summed E-state index contributed by atoms with van der Waals surface area (Å²) in [6.07, 6.45) is 17.8. The Kier molecular flexibility index (Phi) is 8.92. The number of hydrogen-bond acceptors (Lipinski definition) is 4. The van der Waals surface area contributed by atoms with E-state index in [2.05, 4.69) is 260 Å². The summed E-state index contributed by atoms with van der Waals surface area (Å²) in [5.41, 5.74) is 15.8. The molecular formula is C69H46N8. The van der Waals surface area contributed by atoms with Crippen molar-refractivity contribution in [2.45, 2.75) is 24.8 Å². The second-order valence-electron chi connectivity index (χ2n) is 20.6. The molecule has 14 aromatic rings. The molecule has 6 heterocycles. The molecule has 0 saturated carbocycles. The van der Waals surface area contributed by atoms with Crippen molar-refractivity contribution in [3.8, 4) is 29.0 Å². The maximum Gasteiger partial charge on any atom is 0.240 e. The van der Waals surface area contributed by atoms with Crippen LogP contribution in [-0.2, 0) is 0 Å². The highest BCUT2D eigenvalue weighted by Gasteiger charge is 2.37. The predicted molar refractivity (Wildman–Crippen MR) is 317 cm³/mol. The smallest absolute Gasteiger partial charge is 0.240 e. The Balaban J connectivity index is 0.931. The van der Waals surface area contributed by atoms with E-state index in [4.69, 9.17) is 15.0 Å². The summed E-state index contributed by atoms with van der Waals surface area (Å²) in [7, 11) is 0.